The number of benzene rings is 2. The molecule has 0 atom stereocenters. The fourth-order valence-corrected chi connectivity index (χ4v) is 2.85. The van der Waals surface area contributed by atoms with Gasteiger partial charge in [0.25, 0.3) is 0 Å². The molecule has 0 amide bonds. The SMILES string of the molecule is N=C(SCc1ccccc1OCCCNO)c1cc(F)ccc1F. The van der Waals surface area contributed by atoms with Crippen LogP contribution in [0.5, 0.6) is 5.75 Å². The van der Waals surface area contributed by atoms with E-state index < -0.39 is 11.6 Å². The minimum Gasteiger partial charge on any atom is -0.493 e. The van der Waals surface area contributed by atoms with Crippen molar-refractivity contribution in [2.75, 3.05) is 13.2 Å². The van der Waals surface area contributed by atoms with E-state index in [0.29, 0.717) is 31.1 Å². The normalized spacial score (nSPS) is 10.6. The van der Waals surface area contributed by atoms with Crippen molar-refractivity contribution in [2.45, 2.75) is 12.2 Å². The average molecular weight is 352 g/mol. The lowest BCUT2D eigenvalue weighted by atomic mass is 10.2. The molecule has 2 rings (SSSR count). The van der Waals surface area contributed by atoms with Gasteiger partial charge in [0.2, 0.25) is 0 Å². The van der Waals surface area contributed by atoms with Crippen LogP contribution in [0.15, 0.2) is 42.5 Å². The van der Waals surface area contributed by atoms with Crippen molar-refractivity contribution in [3.05, 3.63) is 65.2 Å². The first-order valence-corrected chi connectivity index (χ1v) is 8.35. The van der Waals surface area contributed by atoms with E-state index in [1.165, 1.54) is 0 Å². The number of hydrogen-bond donors (Lipinski definition) is 3. The van der Waals surface area contributed by atoms with Crippen LogP contribution in [-0.4, -0.2) is 23.4 Å². The van der Waals surface area contributed by atoms with Gasteiger partial charge in [-0.3, -0.25) is 5.41 Å². The highest BCUT2D eigenvalue weighted by Gasteiger charge is 2.12. The van der Waals surface area contributed by atoms with E-state index in [4.69, 9.17) is 15.4 Å². The molecule has 3 N–H and O–H groups in total. The van der Waals surface area contributed by atoms with Crippen LogP contribution in [0.2, 0.25) is 0 Å². The molecule has 0 bridgehead atoms. The van der Waals surface area contributed by atoms with E-state index in [1.807, 2.05) is 24.3 Å². The van der Waals surface area contributed by atoms with Crippen LogP contribution in [0.3, 0.4) is 0 Å². The van der Waals surface area contributed by atoms with Crippen molar-refractivity contribution < 1.29 is 18.7 Å². The quantitative estimate of drug-likeness (QED) is 0.291. The summed E-state index contributed by atoms with van der Waals surface area (Å²) in [5.74, 6) is -0.105. The predicted octanol–water partition coefficient (Wildman–Crippen LogP) is 3.97. The Labute approximate surface area is 143 Å². The summed E-state index contributed by atoms with van der Waals surface area (Å²) in [6, 6.07) is 10.4. The molecular formula is C17H18F2N2O2S. The van der Waals surface area contributed by atoms with Crippen LogP contribution in [0.4, 0.5) is 8.78 Å². The topological polar surface area (TPSA) is 65.3 Å². The fraction of sp³-hybridized carbons (Fsp3) is 0.235. The van der Waals surface area contributed by atoms with Crippen molar-refractivity contribution in [1.29, 1.82) is 5.41 Å². The zero-order valence-corrected chi connectivity index (χ0v) is 13.7. The molecule has 24 heavy (non-hydrogen) atoms. The Bertz CT molecular complexity index is 698. The maximum atomic E-state index is 13.7. The maximum Gasteiger partial charge on any atom is 0.133 e. The number of hydrogen-bond acceptors (Lipinski definition) is 5. The lowest BCUT2D eigenvalue weighted by molar-refractivity contribution is 0.157. The molecule has 0 radical (unpaired) electrons. The van der Waals surface area contributed by atoms with Gasteiger partial charge in [0.15, 0.2) is 0 Å². The third kappa shape index (κ3) is 5.30. The molecule has 2 aromatic rings. The molecule has 7 heteroatoms. The summed E-state index contributed by atoms with van der Waals surface area (Å²) in [5.41, 5.74) is 2.87. The summed E-state index contributed by atoms with van der Waals surface area (Å²) in [7, 11) is 0. The van der Waals surface area contributed by atoms with Crippen LogP contribution >= 0.6 is 11.8 Å². The number of para-hydroxylation sites is 1. The second kappa shape index (κ2) is 9.36. The van der Waals surface area contributed by atoms with Crippen molar-refractivity contribution >= 4 is 16.8 Å². The summed E-state index contributed by atoms with van der Waals surface area (Å²) in [6.45, 7) is 0.867. The summed E-state index contributed by atoms with van der Waals surface area (Å²) >= 11 is 1.11. The van der Waals surface area contributed by atoms with E-state index >= 15 is 0 Å². The lowest BCUT2D eigenvalue weighted by Gasteiger charge is -2.12. The molecule has 0 saturated heterocycles. The first-order valence-electron chi connectivity index (χ1n) is 7.36. The second-order valence-corrected chi connectivity index (χ2v) is 5.95. The zero-order valence-electron chi connectivity index (χ0n) is 12.9. The molecule has 0 spiro atoms. The molecule has 0 saturated carbocycles. The van der Waals surface area contributed by atoms with E-state index in [-0.39, 0.29) is 10.6 Å². The van der Waals surface area contributed by atoms with Gasteiger partial charge >= 0.3 is 0 Å². The fourth-order valence-electron chi connectivity index (χ4n) is 2.00. The van der Waals surface area contributed by atoms with E-state index in [9.17, 15) is 8.78 Å². The highest BCUT2D eigenvalue weighted by Crippen LogP contribution is 2.26. The van der Waals surface area contributed by atoms with Gasteiger partial charge < -0.3 is 9.94 Å². The molecule has 0 aliphatic rings. The smallest absolute Gasteiger partial charge is 0.133 e. The predicted molar refractivity (Wildman–Crippen MR) is 90.8 cm³/mol. The van der Waals surface area contributed by atoms with Gasteiger partial charge in [-0.25, -0.2) is 14.3 Å². The zero-order chi connectivity index (χ0) is 17.4. The largest absolute Gasteiger partial charge is 0.493 e. The third-order valence-electron chi connectivity index (χ3n) is 3.21. The number of rotatable bonds is 8. The highest BCUT2D eigenvalue weighted by atomic mass is 32.2. The number of halogens is 2. The molecule has 4 nitrogen and oxygen atoms in total. The Balaban J connectivity index is 1.98. The van der Waals surface area contributed by atoms with Gasteiger partial charge in [-0.05, 0) is 30.7 Å². The molecule has 0 heterocycles. The molecule has 0 fully saturated rings. The van der Waals surface area contributed by atoms with Crippen molar-refractivity contribution in [2.24, 2.45) is 0 Å². The van der Waals surface area contributed by atoms with Crippen molar-refractivity contribution in [3.8, 4) is 5.75 Å². The van der Waals surface area contributed by atoms with Crippen molar-refractivity contribution in [3.63, 3.8) is 0 Å². The average Bonchev–Trinajstić information content (AvgIpc) is 2.59. The van der Waals surface area contributed by atoms with E-state index in [2.05, 4.69) is 5.48 Å². The Morgan fingerprint density at radius 2 is 2.00 bits per heavy atom. The summed E-state index contributed by atoms with van der Waals surface area (Å²) in [5, 5.41) is 16.4. The summed E-state index contributed by atoms with van der Waals surface area (Å²) < 4.78 is 32.6. The van der Waals surface area contributed by atoms with Gasteiger partial charge in [0.1, 0.15) is 17.4 Å². The summed E-state index contributed by atoms with van der Waals surface area (Å²) in [6.07, 6.45) is 0.641. The van der Waals surface area contributed by atoms with Crippen LogP contribution in [0.25, 0.3) is 0 Å². The van der Waals surface area contributed by atoms with Gasteiger partial charge in [-0.2, -0.15) is 0 Å². The monoisotopic (exact) mass is 352 g/mol. The van der Waals surface area contributed by atoms with Crippen LogP contribution in [0.1, 0.15) is 17.5 Å². The Hall–Kier alpha value is -1.96. The molecule has 2 aromatic carbocycles. The second-order valence-electron chi connectivity index (χ2n) is 4.96. The maximum absolute atomic E-state index is 13.7. The minimum absolute atomic E-state index is 0.0358. The molecule has 0 aliphatic heterocycles. The molecular weight excluding hydrogens is 334 g/mol. The number of thioether (sulfide) groups is 1. The first kappa shape index (κ1) is 18.4. The Morgan fingerprint density at radius 1 is 1.21 bits per heavy atom. The standard InChI is InChI=1S/C17H18F2N2O2S/c18-13-6-7-15(19)14(10-13)17(20)24-11-12-4-1-2-5-16(12)23-9-3-8-21-22/h1-2,4-7,10,20-22H,3,8-9,11H2. The first-order chi connectivity index (χ1) is 11.6. The van der Waals surface area contributed by atoms with Gasteiger partial charge in [-0.1, -0.05) is 18.2 Å². The van der Waals surface area contributed by atoms with Gasteiger partial charge in [0.05, 0.1) is 11.7 Å². The van der Waals surface area contributed by atoms with E-state index in [0.717, 1.165) is 35.5 Å². The van der Waals surface area contributed by atoms with Gasteiger partial charge in [-0.15, -0.1) is 11.8 Å². The highest BCUT2D eigenvalue weighted by molar-refractivity contribution is 8.13. The Morgan fingerprint density at radius 3 is 2.79 bits per heavy atom. The number of ether oxygens (including phenoxy) is 1. The Kier molecular flexibility index (Phi) is 7.17. The molecule has 0 aromatic heterocycles. The van der Waals surface area contributed by atoms with Gasteiger partial charge in [0, 0.05) is 23.4 Å². The number of hydroxylamine groups is 1. The lowest BCUT2D eigenvalue weighted by Crippen LogP contribution is -2.12. The van der Waals surface area contributed by atoms with Crippen LogP contribution < -0.4 is 10.2 Å². The summed E-state index contributed by atoms with van der Waals surface area (Å²) in [4.78, 5) is 0. The number of nitrogens with one attached hydrogen (secondary N) is 2. The molecule has 0 unspecified atom stereocenters. The van der Waals surface area contributed by atoms with E-state index in [1.54, 1.807) is 0 Å². The minimum atomic E-state index is -0.616. The third-order valence-corrected chi connectivity index (χ3v) is 4.17. The van der Waals surface area contributed by atoms with Crippen LogP contribution in [-0.2, 0) is 5.75 Å². The molecule has 0 aliphatic carbocycles. The molecule has 128 valence electrons. The van der Waals surface area contributed by atoms with Crippen molar-refractivity contribution in [1.82, 2.24) is 5.48 Å². The van der Waals surface area contributed by atoms with Crippen LogP contribution in [0, 0.1) is 17.0 Å².